The number of aromatic nitrogens is 2. The van der Waals surface area contributed by atoms with Gasteiger partial charge in [-0.05, 0) is 69.1 Å². The molecule has 1 aromatic heterocycles. The zero-order chi connectivity index (χ0) is 40.3. The van der Waals surface area contributed by atoms with E-state index in [0.717, 1.165) is 38.5 Å². The number of carbonyl (C=O) groups is 4. The van der Waals surface area contributed by atoms with Crippen LogP contribution >= 0.6 is 0 Å². The number of benzene rings is 1. The van der Waals surface area contributed by atoms with Gasteiger partial charge in [0.15, 0.2) is 5.69 Å². The van der Waals surface area contributed by atoms with Crippen LogP contribution in [0.3, 0.4) is 0 Å². The number of alkyl carbamates (subject to hydrolysis) is 1. The maximum absolute atomic E-state index is 13.3. The number of esters is 1. The smallest absolute Gasteiger partial charge is 0.407 e. The molecule has 3 unspecified atom stereocenters. The van der Waals surface area contributed by atoms with E-state index in [4.69, 9.17) is 9.47 Å². The van der Waals surface area contributed by atoms with E-state index in [1.165, 1.54) is 4.90 Å². The lowest BCUT2D eigenvalue weighted by Gasteiger charge is -2.28. The Morgan fingerprint density at radius 2 is 1.83 bits per heavy atom. The lowest BCUT2D eigenvalue weighted by molar-refractivity contribution is -0.149. The Morgan fingerprint density at radius 3 is 2.50 bits per heavy atom. The molecule has 14 heteroatoms. The SMILES string of the molecule is C=CC(F)(F)c1nc2ccccc2[nH]c1=O.C=CCCC(C)(C)COC(=O)NCC(=O)N1CCCC1C(=O)NC(C(=O)OCC)C(C)/C=C\CCCCC. The minimum atomic E-state index is -3.42. The number of fused-ring (bicyclic) bond motifs is 1. The molecule has 0 aliphatic carbocycles. The molecule has 0 radical (unpaired) electrons. The summed E-state index contributed by atoms with van der Waals surface area (Å²) in [6, 6.07) is 4.93. The highest BCUT2D eigenvalue weighted by Gasteiger charge is 2.37. The van der Waals surface area contributed by atoms with Crippen LogP contribution in [0.5, 0.6) is 0 Å². The van der Waals surface area contributed by atoms with Crippen LogP contribution in [0, 0.1) is 11.3 Å². The fraction of sp³-hybridized carbons (Fsp3) is 0.550. The van der Waals surface area contributed by atoms with Crippen LogP contribution in [0.4, 0.5) is 13.6 Å². The van der Waals surface area contributed by atoms with Gasteiger partial charge in [-0.2, -0.15) is 8.78 Å². The van der Waals surface area contributed by atoms with E-state index < -0.39 is 47.2 Å². The first-order chi connectivity index (χ1) is 25.6. The van der Waals surface area contributed by atoms with Crippen molar-refractivity contribution < 1.29 is 37.4 Å². The molecule has 1 aromatic carbocycles. The Kier molecular flexibility index (Phi) is 18.8. The molecular formula is C40H57F2N5O7. The molecule has 298 valence electrons. The van der Waals surface area contributed by atoms with Crippen LogP contribution in [0.2, 0.25) is 0 Å². The van der Waals surface area contributed by atoms with Crippen LogP contribution in [0.25, 0.3) is 11.0 Å². The van der Waals surface area contributed by atoms with Crippen LogP contribution < -0.4 is 16.2 Å². The predicted octanol–water partition coefficient (Wildman–Crippen LogP) is 6.72. The highest BCUT2D eigenvalue weighted by atomic mass is 19.3. The van der Waals surface area contributed by atoms with Gasteiger partial charge < -0.3 is 30.0 Å². The van der Waals surface area contributed by atoms with Crippen LogP contribution in [-0.2, 0) is 29.8 Å². The fourth-order valence-electron chi connectivity index (χ4n) is 5.64. The Morgan fingerprint density at radius 1 is 1.11 bits per heavy atom. The summed E-state index contributed by atoms with van der Waals surface area (Å²) in [5.74, 6) is -4.95. The van der Waals surface area contributed by atoms with Gasteiger partial charge in [0.25, 0.3) is 5.56 Å². The number of nitrogens with one attached hydrogen (secondary N) is 3. The number of hydrogen-bond acceptors (Lipinski definition) is 8. The second-order valence-corrected chi connectivity index (χ2v) is 13.9. The first-order valence-corrected chi connectivity index (χ1v) is 18.6. The van der Waals surface area contributed by atoms with Crippen molar-refractivity contribution in [2.75, 3.05) is 26.3 Å². The van der Waals surface area contributed by atoms with E-state index in [9.17, 15) is 32.8 Å². The van der Waals surface area contributed by atoms with Crippen molar-refractivity contribution in [1.82, 2.24) is 25.5 Å². The van der Waals surface area contributed by atoms with Crippen molar-refractivity contribution in [3.63, 3.8) is 0 Å². The van der Waals surface area contributed by atoms with E-state index in [1.807, 2.05) is 39.0 Å². The van der Waals surface area contributed by atoms with E-state index >= 15 is 0 Å². The third-order valence-electron chi connectivity index (χ3n) is 8.83. The average molecular weight is 758 g/mol. The van der Waals surface area contributed by atoms with E-state index in [0.29, 0.717) is 36.5 Å². The molecule has 3 atom stereocenters. The molecule has 0 spiro atoms. The molecule has 0 saturated carbocycles. The highest BCUT2D eigenvalue weighted by Crippen LogP contribution is 2.25. The van der Waals surface area contributed by atoms with E-state index in [2.05, 4.69) is 40.7 Å². The summed E-state index contributed by atoms with van der Waals surface area (Å²) in [6.07, 6.45) is 12.6. The molecule has 1 fully saturated rings. The van der Waals surface area contributed by atoms with Crippen LogP contribution in [0.15, 0.2) is 66.5 Å². The topological polar surface area (TPSA) is 160 Å². The summed E-state index contributed by atoms with van der Waals surface area (Å²) in [4.78, 5) is 69.7. The summed E-state index contributed by atoms with van der Waals surface area (Å²) in [5.41, 5.74) is -1.19. The minimum absolute atomic E-state index is 0.203. The number of alkyl halides is 2. The largest absolute Gasteiger partial charge is 0.464 e. The number of nitrogens with zero attached hydrogens (tertiary/aromatic N) is 2. The van der Waals surface area contributed by atoms with Crippen LogP contribution in [-0.4, -0.2) is 77.1 Å². The molecule has 12 nitrogen and oxygen atoms in total. The second kappa shape index (κ2) is 22.4. The number of rotatable bonds is 19. The third kappa shape index (κ3) is 14.5. The average Bonchev–Trinajstić information content (AvgIpc) is 3.65. The van der Waals surface area contributed by atoms with Gasteiger partial charge in [0, 0.05) is 12.5 Å². The first-order valence-electron chi connectivity index (χ1n) is 18.6. The number of carbonyl (C=O) groups excluding carboxylic acids is 4. The number of aromatic amines is 1. The third-order valence-corrected chi connectivity index (χ3v) is 8.83. The molecule has 1 saturated heterocycles. The fourth-order valence-corrected chi connectivity index (χ4v) is 5.64. The van der Waals surface area contributed by atoms with Gasteiger partial charge in [-0.25, -0.2) is 14.6 Å². The molecule has 0 bridgehead atoms. The maximum atomic E-state index is 13.3. The molecular weight excluding hydrogens is 700 g/mol. The van der Waals surface area contributed by atoms with Crippen molar-refractivity contribution in [1.29, 1.82) is 0 Å². The standard InChI is InChI=1S/C29H49N3O6.C11H8F2N2O/c1-7-10-12-13-14-16-22(4)25(27(35)37-9-3)31-26(34)23-17-15-19-32(23)24(33)20-30-28(36)38-21-29(5,6)18-11-8-2;1-2-11(12,13)9-10(16)15-8-6-4-3-5-7(8)14-9/h8,14,16,22-23,25H,2,7,9-13,15,17-21H2,1,3-6H3,(H,30,36)(H,31,34);2-6H,1H2,(H,15,16)/b16-14-;. The Hall–Kier alpha value is -4.88. The van der Waals surface area contributed by atoms with Gasteiger partial charge in [-0.15, -0.1) is 6.58 Å². The van der Waals surface area contributed by atoms with Crippen molar-refractivity contribution in [3.05, 3.63) is 77.8 Å². The van der Waals surface area contributed by atoms with Gasteiger partial charge >= 0.3 is 18.0 Å². The maximum Gasteiger partial charge on any atom is 0.407 e. The summed E-state index contributed by atoms with van der Waals surface area (Å²) < 4.78 is 37.0. The molecule has 1 aliphatic rings. The lowest BCUT2D eigenvalue weighted by Crippen LogP contribution is -2.54. The van der Waals surface area contributed by atoms with Crippen molar-refractivity contribution in [2.45, 2.75) is 104 Å². The number of hydrogen-bond donors (Lipinski definition) is 3. The number of amides is 3. The number of likely N-dealkylation sites (tertiary alicyclic amines) is 1. The molecule has 3 amide bonds. The summed E-state index contributed by atoms with van der Waals surface area (Å²) in [5, 5.41) is 5.31. The number of H-pyrrole nitrogens is 1. The van der Waals surface area contributed by atoms with Gasteiger partial charge in [0.05, 0.1) is 24.2 Å². The molecule has 3 N–H and O–H groups in total. The zero-order valence-corrected chi connectivity index (χ0v) is 32.3. The molecule has 2 heterocycles. The Bertz CT molecular complexity index is 1660. The minimum Gasteiger partial charge on any atom is -0.464 e. The van der Waals surface area contributed by atoms with Crippen LogP contribution in [0.1, 0.15) is 91.7 Å². The number of unbranched alkanes of at least 4 members (excludes halogenated alkanes) is 3. The second-order valence-electron chi connectivity index (χ2n) is 13.9. The van der Waals surface area contributed by atoms with E-state index in [-0.39, 0.29) is 37.0 Å². The van der Waals surface area contributed by atoms with Crippen molar-refractivity contribution >= 4 is 34.9 Å². The normalized spacial score (nSPS) is 15.5. The number of ether oxygens (including phenoxy) is 2. The Balaban J connectivity index is 0.000000517. The number of allylic oxidation sites excluding steroid dienone is 3. The predicted molar refractivity (Wildman–Crippen MR) is 205 cm³/mol. The quantitative estimate of drug-likeness (QED) is 0.0810. The van der Waals surface area contributed by atoms with Crippen molar-refractivity contribution in [3.8, 4) is 0 Å². The van der Waals surface area contributed by atoms with Crippen molar-refractivity contribution in [2.24, 2.45) is 11.3 Å². The summed E-state index contributed by atoms with van der Waals surface area (Å²) in [6.45, 7) is 17.0. The lowest BCUT2D eigenvalue weighted by atomic mass is 9.89. The summed E-state index contributed by atoms with van der Waals surface area (Å²) in [7, 11) is 0. The molecule has 3 rings (SSSR count). The molecule has 54 heavy (non-hydrogen) atoms. The number of halogens is 2. The first kappa shape index (κ1) is 45.3. The van der Waals surface area contributed by atoms with Gasteiger partial charge in [0.1, 0.15) is 18.6 Å². The Labute approximate surface area is 316 Å². The van der Waals surface area contributed by atoms with Gasteiger partial charge in [-0.3, -0.25) is 14.4 Å². The zero-order valence-electron chi connectivity index (χ0n) is 32.3. The molecule has 1 aliphatic heterocycles. The highest BCUT2D eigenvalue weighted by molar-refractivity contribution is 5.92. The number of para-hydroxylation sites is 2. The summed E-state index contributed by atoms with van der Waals surface area (Å²) >= 11 is 0. The monoisotopic (exact) mass is 757 g/mol. The van der Waals surface area contributed by atoms with Gasteiger partial charge in [-0.1, -0.05) is 77.5 Å². The van der Waals surface area contributed by atoms with Gasteiger partial charge in [0.2, 0.25) is 11.8 Å². The van der Waals surface area contributed by atoms with E-state index in [1.54, 1.807) is 31.2 Å². The molecule has 2 aromatic rings.